The van der Waals surface area contributed by atoms with Gasteiger partial charge in [-0.25, -0.2) is 0 Å². The van der Waals surface area contributed by atoms with Gasteiger partial charge in [-0.1, -0.05) is 42.0 Å². The van der Waals surface area contributed by atoms with Crippen molar-refractivity contribution in [1.29, 1.82) is 0 Å². The molecule has 2 aliphatic rings. The Morgan fingerprint density at radius 3 is 2.78 bits per heavy atom. The zero-order valence-corrected chi connectivity index (χ0v) is 14.6. The molecule has 0 aromatic heterocycles. The fourth-order valence-corrected chi connectivity index (χ4v) is 3.69. The van der Waals surface area contributed by atoms with Crippen molar-refractivity contribution in [3.05, 3.63) is 75.9 Å². The van der Waals surface area contributed by atoms with Crippen molar-refractivity contribution in [1.82, 2.24) is 5.32 Å². The molecule has 0 saturated carbocycles. The molecule has 2 nitrogen and oxygen atoms in total. The minimum Gasteiger partial charge on any atom is -0.456 e. The molecule has 23 heavy (non-hydrogen) atoms. The molecule has 0 bridgehead atoms. The summed E-state index contributed by atoms with van der Waals surface area (Å²) in [4.78, 5) is 1.35. The third-order valence-corrected chi connectivity index (χ3v) is 5.12. The number of aryl methyl sites for hydroxylation is 1. The summed E-state index contributed by atoms with van der Waals surface area (Å²) in [5.41, 5.74) is 3.72. The normalized spacial score (nSPS) is 16.6. The largest absolute Gasteiger partial charge is 0.456 e. The van der Waals surface area contributed by atoms with Gasteiger partial charge in [0, 0.05) is 16.0 Å². The van der Waals surface area contributed by atoms with Crippen molar-refractivity contribution in [2.75, 3.05) is 19.3 Å². The molecule has 3 rings (SSSR count). The van der Waals surface area contributed by atoms with Gasteiger partial charge >= 0.3 is 0 Å². The summed E-state index contributed by atoms with van der Waals surface area (Å²) in [6.07, 6.45) is 10.7. The van der Waals surface area contributed by atoms with E-state index in [1.54, 1.807) is 0 Å². The third kappa shape index (κ3) is 3.98. The Balaban J connectivity index is 1.85. The predicted molar refractivity (Wildman–Crippen MR) is 100 cm³/mol. The maximum Gasteiger partial charge on any atom is 0.135 e. The lowest BCUT2D eigenvalue weighted by atomic mass is 10.0. The first-order valence-electron chi connectivity index (χ1n) is 8.12. The van der Waals surface area contributed by atoms with Crippen LogP contribution in [0.1, 0.15) is 24.0 Å². The van der Waals surface area contributed by atoms with E-state index in [-0.39, 0.29) is 0 Å². The maximum atomic E-state index is 6.16. The molecule has 1 heterocycles. The van der Waals surface area contributed by atoms with Crippen LogP contribution in [0.5, 0.6) is 0 Å². The van der Waals surface area contributed by atoms with Gasteiger partial charge in [-0.15, -0.1) is 11.8 Å². The third-order valence-electron chi connectivity index (χ3n) is 3.95. The Morgan fingerprint density at radius 1 is 1.17 bits per heavy atom. The van der Waals surface area contributed by atoms with E-state index in [0.29, 0.717) is 0 Å². The van der Waals surface area contributed by atoms with Crippen LogP contribution in [-0.2, 0) is 4.74 Å². The molecule has 0 fully saturated rings. The van der Waals surface area contributed by atoms with Crippen LogP contribution in [-0.4, -0.2) is 19.3 Å². The molecular weight excluding hydrogens is 302 g/mol. The number of ether oxygens (including phenoxy) is 1. The number of fused-ring (bicyclic) bond motifs is 1. The molecule has 1 aromatic carbocycles. The Hall–Kier alpha value is -1.71. The van der Waals surface area contributed by atoms with Gasteiger partial charge in [0.25, 0.3) is 0 Å². The van der Waals surface area contributed by atoms with E-state index >= 15 is 0 Å². The lowest BCUT2D eigenvalue weighted by Gasteiger charge is -2.24. The average molecular weight is 325 g/mol. The van der Waals surface area contributed by atoms with E-state index in [2.05, 4.69) is 60.8 Å². The Kier molecular flexibility index (Phi) is 5.42. The van der Waals surface area contributed by atoms with Gasteiger partial charge in [-0.3, -0.25) is 0 Å². The minimum absolute atomic E-state index is 0.950. The van der Waals surface area contributed by atoms with Gasteiger partial charge in [-0.2, -0.15) is 0 Å². The van der Waals surface area contributed by atoms with Crippen molar-refractivity contribution in [3.63, 3.8) is 0 Å². The van der Waals surface area contributed by atoms with Gasteiger partial charge in [0.2, 0.25) is 0 Å². The van der Waals surface area contributed by atoms with Crippen LogP contribution in [0.15, 0.2) is 64.8 Å². The lowest BCUT2D eigenvalue weighted by molar-refractivity contribution is 0.385. The minimum atomic E-state index is 0.950. The van der Waals surface area contributed by atoms with Gasteiger partial charge in [-0.05, 0) is 51.3 Å². The second-order valence-electron chi connectivity index (χ2n) is 5.79. The van der Waals surface area contributed by atoms with Gasteiger partial charge in [0.15, 0.2) is 0 Å². The van der Waals surface area contributed by atoms with Crippen LogP contribution in [0.25, 0.3) is 5.76 Å². The first kappa shape index (κ1) is 16.2. The summed E-state index contributed by atoms with van der Waals surface area (Å²) in [7, 11) is 2.00. The van der Waals surface area contributed by atoms with E-state index in [1.807, 2.05) is 18.8 Å². The molecule has 3 heteroatoms. The first-order chi connectivity index (χ1) is 11.3. The molecular formula is C20H23NOS. The summed E-state index contributed by atoms with van der Waals surface area (Å²) in [5, 5.41) is 3.21. The average Bonchev–Trinajstić information content (AvgIpc) is 2.59. The zero-order chi connectivity index (χ0) is 16.1. The standard InChI is InChI=1S/C20H23NOS/c1-15-8-10-16(11-9-15)19-14-20(23-13-5-12-21-2)17-6-3-4-7-18(17)22-19/h3-4,7-11,14,21H,5-6,12-13H2,1-2H3. The molecule has 0 unspecified atom stereocenters. The highest BCUT2D eigenvalue weighted by Crippen LogP contribution is 2.39. The zero-order valence-electron chi connectivity index (χ0n) is 13.8. The van der Waals surface area contributed by atoms with E-state index in [1.165, 1.54) is 22.5 Å². The van der Waals surface area contributed by atoms with Gasteiger partial charge < -0.3 is 10.1 Å². The quantitative estimate of drug-likeness (QED) is 0.759. The van der Waals surface area contributed by atoms with E-state index in [4.69, 9.17) is 4.74 Å². The predicted octanol–water partition coefficient (Wildman–Crippen LogP) is 4.81. The van der Waals surface area contributed by atoms with Crippen LogP contribution in [0.4, 0.5) is 0 Å². The summed E-state index contributed by atoms with van der Waals surface area (Å²) in [6.45, 7) is 3.17. The highest BCUT2D eigenvalue weighted by Gasteiger charge is 2.21. The van der Waals surface area contributed by atoms with Crippen LogP contribution in [0.2, 0.25) is 0 Å². The summed E-state index contributed by atoms with van der Waals surface area (Å²) in [6, 6.07) is 8.53. The second kappa shape index (κ2) is 7.71. The highest BCUT2D eigenvalue weighted by molar-refractivity contribution is 8.03. The van der Waals surface area contributed by atoms with Gasteiger partial charge in [0.05, 0.1) is 0 Å². The Labute approximate surface area is 143 Å². The van der Waals surface area contributed by atoms with Crippen LogP contribution in [0.3, 0.4) is 0 Å². The topological polar surface area (TPSA) is 21.3 Å². The number of benzene rings is 1. The van der Waals surface area contributed by atoms with E-state index in [0.717, 1.165) is 35.8 Å². The number of thioether (sulfide) groups is 1. The molecule has 0 saturated heterocycles. The number of rotatable bonds is 6. The number of nitrogens with one attached hydrogen (secondary N) is 1. The van der Waals surface area contributed by atoms with Crippen molar-refractivity contribution in [2.45, 2.75) is 19.8 Å². The monoisotopic (exact) mass is 325 g/mol. The van der Waals surface area contributed by atoms with Crippen molar-refractivity contribution in [2.24, 2.45) is 0 Å². The van der Waals surface area contributed by atoms with E-state index < -0.39 is 0 Å². The first-order valence-corrected chi connectivity index (χ1v) is 9.11. The Morgan fingerprint density at radius 2 is 2.00 bits per heavy atom. The van der Waals surface area contributed by atoms with Crippen molar-refractivity contribution in [3.8, 4) is 0 Å². The second-order valence-corrected chi connectivity index (χ2v) is 6.92. The van der Waals surface area contributed by atoms with Crippen LogP contribution in [0, 0.1) is 6.92 Å². The SMILES string of the molecule is CNCCCSC1=C2CC=CC=C2OC(c2ccc(C)cc2)=C1. The summed E-state index contributed by atoms with van der Waals surface area (Å²) < 4.78 is 6.16. The molecule has 0 radical (unpaired) electrons. The molecule has 0 spiro atoms. The molecule has 1 aliphatic heterocycles. The number of hydrogen-bond donors (Lipinski definition) is 1. The lowest BCUT2D eigenvalue weighted by Crippen LogP contribution is -2.09. The van der Waals surface area contributed by atoms with Gasteiger partial charge in [0.1, 0.15) is 11.5 Å². The number of allylic oxidation sites excluding steroid dienone is 5. The molecule has 0 amide bonds. The maximum absolute atomic E-state index is 6.16. The Bertz CT molecular complexity index is 680. The summed E-state index contributed by atoms with van der Waals surface area (Å²) >= 11 is 1.93. The van der Waals surface area contributed by atoms with Crippen molar-refractivity contribution >= 4 is 17.5 Å². The summed E-state index contributed by atoms with van der Waals surface area (Å²) in [5.74, 6) is 3.07. The van der Waals surface area contributed by atoms with Crippen molar-refractivity contribution < 1.29 is 4.74 Å². The number of hydrogen-bond acceptors (Lipinski definition) is 3. The molecule has 120 valence electrons. The molecule has 0 atom stereocenters. The molecule has 1 N–H and O–H groups in total. The molecule has 1 aliphatic carbocycles. The van der Waals surface area contributed by atoms with Crippen LogP contribution < -0.4 is 5.32 Å². The fraction of sp³-hybridized carbons (Fsp3) is 0.300. The molecule has 1 aromatic rings. The van der Waals surface area contributed by atoms with E-state index in [9.17, 15) is 0 Å². The van der Waals surface area contributed by atoms with Crippen LogP contribution >= 0.6 is 11.8 Å². The fourth-order valence-electron chi connectivity index (χ4n) is 2.63. The smallest absolute Gasteiger partial charge is 0.135 e. The highest BCUT2D eigenvalue weighted by atomic mass is 32.2.